The number of halogens is 2. The highest BCUT2D eigenvalue weighted by Crippen LogP contribution is 2.39. The van der Waals surface area contributed by atoms with Gasteiger partial charge >= 0.3 is 0 Å². The number of hydrogen-bond acceptors (Lipinski definition) is 4. The van der Waals surface area contributed by atoms with Crippen molar-refractivity contribution in [3.63, 3.8) is 0 Å². The number of aromatic nitrogens is 5. The van der Waals surface area contributed by atoms with Crippen molar-refractivity contribution >= 4 is 28.4 Å². The fourth-order valence-electron chi connectivity index (χ4n) is 4.09. The maximum atomic E-state index is 15.4. The molecule has 5 rings (SSSR count). The Labute approximate surface area is 182 Å². The van der Waals surface area contributed by atoms with E-state index in [-0.39, 0.29) is 10.9 Å². The molecule has 0 saturated heterocycles. The summed E-state index contributed by atoms with van der Waals surface area (Å²) in [5.41, 5.74) is 3.28. The van der Waals surface area contributed by atoms with Crippen LogP contribution in [0.2, 0.25) is 5.02 Å². The van der Waals surface area contributed by atoms with Gasteiger partial charge in [0.05, 0.1) is 23.3 Å². The van der Waals surface area contributed by atoms with Gasteiger partial charge in [-0.1, -0.05) is 24.2 Å². The van der Waals surface area contributed by atoms with Crippen molar-refractivity contribution in [3.05, 3.63) is 65.3 Å². The number of H-pyrrole nitrogens is 1. The molecule has 0 atom stereocenters. The molecule has 0 radical (unpaired) electrons. The van der Waals surface area contributed by atoms with Gasteiger partial charge in [-0.2, -0.15) is 5.10 Å². The molecule has 9 heteroatoms. The van der Waals surface area contributed by atoms with Crippen LogP contribution in [0.4, 0.5) is 4.39 Å². The third kappa shape index (κ3) is 3.11. The number of aromatic amines is 1. The van der Waals surface area contributed by atoms with E-state index < -0.39 is 5.82 Å². The first kappa shape index (κ1) is 19.4. The Morgan fingerprint density at radius 3 is 2.87 bits per heavy atom. The van der Waals surface area contributed by atoms with Crippen molar-refractivity contribution in [2.24, 2.45) is 0 Å². The first-order chi connectivity index (χ1) is 15.0. The van der Waals surface area contributed by atoms with Gasteiger partial charge in [0, 0.05) is 29.6 Å². The molecule has 0 spiro atoms. The second-order valence-corrected chi connectivity index (χ2v) is 7.87. The van der Waals surface area contributed by atoms with E-state index in [4.69, 9.17) is 11.6 Å². The lowest BCUT2D eigenvalue weighted by Crippen LogP contribution is -2.37. The lowest BCUT2D eigenvalue weighted by Gasteiger charge is -2.26. The minimum absolute atomic E-state index is 0.155. The number of nitrogens with zero attached hydrogens (tertiary/aromatic N) is 5. The molecule has 7 nitrogen and oxygen atoms in total. The lowest BCUT2D eigenvalue weighted by atomic mass is 9.95. The molecule has 4 aromatic rings. The summed E-state index contributed by atoms with van der Waals surface area (Å²) in [6.45, 7) is 6.77. The molecule has 1 aliphatic rings. The zero-order chi connectivity index (χ0) is 21.7. The largest absolute Gasteiger partial charge is 0.330 e. The van der Waals surface area contributed by atoms with Crippen LogP contribution in [0.3, 0.4) is 0 Å². The van der Waals surface area contributed by atoms with E-state index in [1.165, 1.54) is 12.1 Å². The summed E-state index contributed by atoms with van der Waals surface area (Å²) in [6.07, 6.45) is 2.95. The third-order valence-electron chi connectivity index (χ3n) is 5.62. The standard InChI is InChI=1S/C22H18ClFN6O/c1-3-19(31)29-6-7-30-18(11-29)27-28-22(30)13-8-15(23)21(16(24)9-13)20-12(2)4-5-17-14(20)10-25-26-17/h3-5,8-10H,1,6-7,11H2,2H3,(H,25,26). The van der Waals surface area contributed by atoms with Crippen molar-refractivity contribution < 1.29 is 9.18 Å². The number of nitrogens with one attached hydrogen (secondary N) is 1. The highest BCUT2D eigenvalue weighted by Gasteiger charge is 2.25. The monoisotopic (exact) mass is 436 g/mol. The van der Waals surface area contributed by atoms with Crippen LogP contribution in [0.15, 0.2) is 43.1 Å². The minimum Gasteiger partial charge on any atom is -0.330 e. The fourth-order valence-corrected chi connectivity index (χ4v) is 4.39. The van der Waals surface area contributed by atoms with Crippen molar-refractivity contribution in [2.45, 2.75) is 20.0 Å². The van der Waals surface area contributed by atoms with Gasteiger partial charge in [-0.05, 0) is 42.3 Å². The summed E-state index contributed by atoms with van der Waals surface area (Å²) in [7, 11) is 0. The average molecular weight is 437 g/mol. The molecule has 1 amide bonds. The van der Waals surface area contributed by atoms with Crippen LogP contribution in [0.5, 0.6) is 0 Å². The van der Waals surface area contributed by atoms with E-state index >= 15 is 4.39 Å². The number of benzene rings is 2. The molecule has 31 heavy (non-hydrogen) atoms. The van der Waals surface area contributed by atoms with E-state index in [1.807, 2.05) is 23.6 Å². The molecule has 0 saturated carbocycles. The summed E-state index contributed by atoms with van der Waals surface area (Å²) in [5.74, 6) is 0.552. The Balaban J connectivity index is 1.58. The molecular weight excluding hydrogens is 419 g/mol. The van der Waals surface area contributed by atoms with E-state index in [0.717, 1.165) is 16.5 Å². The molecule has 2 aromatic carbocycles. The van der Waals surface area contributed by atoms with Crippen LogP contribution >= 0.6 is 11.6 Å². The highest BCUT2D eigenvalue weighted by atomic mass is 35.5. The molecule has 0 unspecified atom stereocenters. The van der Waals surface area contributed by atoms with Gasteiger partial charge in [0.1, 0.15) is 5.82 Å². The van der Waals surface area contributed by atoms with Gasteiger partial charge in [0.15, 0.2) is 11.6 Å². The van der Waals surface area contributed by atoms with Gasteiger partial charge in [0.2, 0.25) is 5.91 Å². The predicted octanol–water partition coefficient (Wildman–Crippen LogP) is 4.12. The molecule has 156 valence electrons. The number of rotatable bonds is 3. The van der Waals surface area contributed by atoms with E-state index in [2.05, 4.69) is 27.0 Å². The third-order valence-corrected chi connectivity index (χ3v) is 5.92. The molecular formula is C22H18ClFN6O. The molecule has 2 aromatic heterocycles. The zero-order valence-electron chi connectivity index (χ0n) is 16.7. The molecule has 3 heterocycles. The fraction of sp³-hybridized carbons (Fsp3) is 0.182. The van der Waals surface area contributed by atoms with E-state index in [0.29, 0.717) is 48.0 Å². The number of fused-ring (bicyclic) bond motifs is 2. The van der Waals surface area contributed by atoms with Crippen molar-refractivity contribution in [2.75, 3.05) is 6.54 Å². The lowest BCUT2D eigenvalue weighted by molar-refractivity contribution is -0.127. The Hall–Kier alpha value is -3.52. The summed E-state index contributed by atoms with van der Waals surface area (Å²) in [6, 6.07) is 6.95. The molecule has 1 N–H and O–H groups in total. The smallest absolute Gasteiger partial charge is 0.246 e. The van der Waals surface area contributed by atoms with Crippen LogP contribution in [-0.2, 0) is 17.9 Å². The quantitative estimate of drug-likeness (QED) is 0.490. The van der Waals surface area contributed by atoms with Gasteiger partial charge < -0.3 is 9.47 Å². The van der Waals surface area contributed by atoms with Gasteiger partial charge in [0.25, 0.3) is 0 Å². The second-order valence-electron chi connectivity index (χ2n) is 7.46. The summed E-state index contributed by atoms with van der Waals surface area (Å²) >= 11 is 6.60. The van der Waals surface area contributed by atoms with Crippen molar-refractivity contribution in [1.82, 2.24) is 29.9 Å². The Morgan fingerprint density at radius 1 is 1.26 bits per heavy atom. The van der Waals surface area contributed by atoms with E-state index in [9.17, 15) is 4.79 Å². The van der Waals surface area contributed by atoms with E-state index in [1.54, 1.807) is 17.2 Å². The first-order valence-corrected chi connectivity index (χ1v) is 10.1. The number of carbonyl (C=O) groups is 1. The van der Waals surface area contributed by atoms with Crippen LogP contribution in [0.1, 0.15) is 11.4 Å². The van der Waals surface area contributed by atoms with Crippen LogP contribution in [0.25, 0.3) is 33.4 Å². The van der Waals surface area contributed by atoms with Crippen LogP contribution < -0.4 is 0 Å². The number of carbonyl (C=O) groups excluding carboxylic acids is 1. The van der Waals surface area contributed by atoms with Crippen LogP contribution in [0, 0.1) is 12.7 Å². The molecule has 0 fully saturated rings. The normalized spacial score (nSPS) is 13.5. The predicted molar refractivity (Wildman–Crippen MR) is 116 cm³/mol. The summed E-state index contributed by atoms with van der Waals surface area (Å²) in [5, 5.41) is 16.5. The van der Waals surface area contributed by atoms with Gasteiger partial charge in [-0.3, -0.25) is 9.89 Å². The van der Waals surface area contributed by atoms with Gasteiger partial charge in [-0.15, -0.1) is 10.2 Å². The Kier molecular flexibility index (Phi) is 4.59. The molecule has 1 aliphatic heterocycles. The second kappa shape index (κ2) is 7.31. The summed E-state index contributed by atoms with van der Waals surface area (Å²) < 4.78 is 17.3. The topological polar surface area (TPSA) is 79.7 Å². The minimum atomic E-state index is -0.448. The maximum Gasteiger partial charge on any atom is 0.246 e. The van der Waals surface area contributed by atoms with Crippen molar-refractivity contribution in [3.8, 4) is 22.5 Å². The first-order valence-electron chi connectivity index (χ1n) is 9.74. The number of amides is 1. The summed E-state index contributed by atoms with van der Waals surface area (Å²) in [4.78, 5) is 13.5. The number of hydrogen-bond donors (Lipinski definition) is 1. The average Bonchev–Trinajstić information content (AvgIpc) is 3.40. The number of aryl methyl sites for hydroxylation is 1. The van der Waals surface area contributed by atoms with Gasteiger partial charge in [-0.25, -0.2) is 4.39 Å². The highest BCUT2D eigenvalue weighted by molar-refractivity contribution is 6.34. The van der Waals surface area contributed by atoms with Crippen LogP contribution in [-0.4, -0.2) is 42.3 Å². The Bertz CT molecular complexity index is 1330. The zero-order valence-corrected chi connectivity index (χ0v) is 17.4. The Morgan fingerprint density at radius 2 is 2.10 bits per heavy atom. The molecule has 0 aliphatic carbocycles. The van der Waals surface area contributed by atoms with Crippen molar-refractivity contribution in [1.29, 1.82) is 0 Å². The maximum absolute atomic E-state index is 15.4. The molecule has 0 bridgehead atoms. The SMILES string of the molecule is C=CC(=O)N1CCn2c(nnc2-c2cc(F)c(-c3c(C)ccc4[nH]ncc34)c(Cl)c2)C1.